The van der Waals surface area contributed by atoms with Gasteiger partial charge in [0.15, 0.2) is 17.9 Å². The minimum atomic E-state index is -0.980. The summed E-state index contributed by atoms with van der Waals surface area (Å²) >= 11 is 1.26. The Bertz CT molecular complexity index is 1810. The number of amides is 1. The summed E-state index contributed by atoms with van der Waals surface area (Å²) < 4.78 is 20.6. The molecule has 2 fully saturated rings. The van der Waals surface area contributed by atoms with Crippen LogP contribution in [0.25, 0.3) is 22.3 Å². The molecule has 40 heavy (non-hydrogen) atoms. The number of ether oxygens (including phenoxy) is 1. The molecule has 1 saturated heterocycles. The van der Waals surface area contributed by atoms with Gasteiger partial charge in [-0.25, -0.2) is 18.7 Å². The first kappa shape index (κ1) is 25.9. The molecule has 0 unspecified atom stereocenters. The van der Waals surface area contributed by atoms with Crippen molar-refractivity contribution in [2.24, 2.45) is 10.7 Å². The number of likely N-dealkylation sites (tertiary alicyclic amines) is 1. The monoisotopic (exact) mass is 568 g/mol. The van der Waals surface area contributed by atoms with E-state index in [1.165, 1.54) is 35.4 Å². The lowest BCUT2D eigenvalue weighted by atomic mass is 10.2. The van der Waals surface area contributed by atoms with Crippen molar-refractivity contribution in [3.05, 3.63) is 56.2 Å². The van der Waals surface area contributed by atoms with Crippen LogP contribution < -0.4 is 22.1 Å². The normalized spacial score (nSPS) is 17.4. The van der Waals surface area contributed by atoms with E-state index in [1.54, 1.807) is 22.7 Å². The molecule has 15 heteroatoms. The fourth-order valence-corrected chi connectivity index (χ4v) is 5.06. The minimum absolute atomic E-state index is 0.0642. The van der Waals surface area contributed by atoms with Gasteiger partial charge < -0.3 is 25.5 Å². The Morgan fingerprint density at radius 2 is 2.15 bits per heavy atom. The second kappa shape index (κ2) is 9.98. The van der Waals surface area contributed by atoms with Gasteiger partial charge in [-0.05, 0) is 38.0 Å². The lowest BCUT2D eigenvalue weighted by Crippen LogP contribution is -2.51. The Balaban J connectivity index is 1.39. The van der Waals surface area contributed by atoms with E-state index in [1.807, 2.05) is 0 Å². The number of nitrogens with two attached hydrogens (primary N) is 1. The van der Waals surface area contributed by atoms with Crippen molar-refractivity contribution in [1.82, 2.24) is 29.0 Å². The Kier molecular flexibility index (Phi) is 6.46. The molecule has 5 heterocycles. The third-order valence-electron chi connectivity index (χ3n) is 6.53. The number of aromatic hydroxyl groups is 1. The number of nitrogens with zero attached hydrogens (tertiary/aromatic N) is 6. The first-order valence-corrected chi connectivity index (χ1v) is 13.4. The molecule has 4 aromatic heterocycles. The van der Waals surface area contributed by atoms with Crippen molar-refractivity contribution >= 4 is 34.9 Å². The second-order valence-electron chi connectivity index (χ2n) is 9.79. The van der Waals surface area contributed by atoms with Gasteiger partial charge in [0.1, 0.15) is 17.9 Å². The SMILES string of the molecule is C[C@H](N)C(=O)OCn1c(O)c(/C=c2/cnn3c(=NC4CC4)cc(-c4ccc(C(=O)N5CC(F)C5)s4)nc23)[nH]c1=O. The number of rotatable bonds is 7. The van der Waals surface area contributed by atoms with E-state index in [4.69, 9.17) is 20.4 Å². The first-order valence-electron chi connectivity index (χ1n) is 12.6. The van der Waals surface area contributed by atoms with Crippen molar-refractivity contribution in [2.45, 2.75) is 44.8 Å². The highest BCUT2D eigenvalue weighted by Crippen LogP contribution is 2.29. The maximum atomic E-state index is 13.2. The zero-order valence-corrected chi connectivity index (χ0v) is 22.1. The quantitative estimate of drug-likeness (QED) is 0.259. The Labute approximate surface area is 229 Å². The molecule has 4 N–H and O–H groups in total. The number of aromatic nitrogens is 5. The molecule has 0 bridgehead atoms. The van der Waals surface area contributed by atoms with Gasteiger partial charge >= 0.3 is 11.7 Å². The molecule has 0 spiro atoms. The molecule has 1 amide bonds. The predicted octanol–water partition coefficient (Wildman–Crippen LogP) is -0.0942. The summed E-state index contributed by atoms with van der Waals surface area (Å²) in [5.74, 6) is -1.38. The zero-order valence-electron chi connectivity index (χ0n) is 21.3. The summed E-state index contributed by atoms with van der Waals surface area (Å²) in [7, 11) is 0. The molecular formula is C25H25FN8O5S. The van der Waals surface area contributed by atoms with Crippen LogP contribution in [0.4, 0.5) is 4.39 Å². The van der Waals surface area contributed by atoms with Gasteiger partial charge in [-0.2, -0.15) is 9.61 Å². The number of esters is 1. The van der Waals surface area contributed by atoms with Crippen LogP contribution in [0.2, 0.25) is 0 Å². The molecule has 4 aromatic rings. The molecule has 13 nitrogen and oxygen atoms in total. The van der Waals surface area contributed by atoms with Crippen LogP contribution in [0.3, 0.4) is 0 Å². The number of halogens is 1. The van der Waals surface area contributed by atoms with Crippen LogP contribution in [0.5, 0.6) is 5.88 Å². The van der Waals surface area contributed by atoms with Crippen LogP contribution in [0.1, 0.15) is 35.1 Å². The lowest BCUT2D eigenvalue weighted by Gasteiger charge is -2.33. The number of hydrogen-bond donors (Lipinski definition) is 3. The standard InChI is InChI=1S/C25H25FN8O5S/c1-12(27)24(37)39-11-33-22(35)17(31-25(33)38)6-13-8-28-34-20(29-15-2-3-15)7-16(30-21(13)34)18-4-5-19(40-18)23(36)32-9-14(26)10-32/h4-8,12,14-15,35H,2-3,9-11,27H2,1H3,(H,31,38)/b13-6-,29-20?/t12-/m0/s1. The number of aromatic amines is 1. The predicted molar refractivity (Wildman–Crippen MR) is 141 cm³/mol. The van der Waals surface area contributed by atoms with Gasteiger partial charge in [-0.3, -0.25) is 14.6 Å². The molecule has 1 saturated carbocycles. The molecule has 2 aliphatic rings. The minimum Gasteiger partial charge on any atom is -0.493 e. The van der Waals surface area contributed by atoms with Crippen molar-refractivity contribution in [2.75, 3.05) is 13.1 Å². The molecule has 1 aliphatic heterocycles. The second-order valence-corrected chi connectivity index (χ2v) is 10.9. The number of imidazole rings is 1. The largest absolute Gasteiger partial charge is 0.493 e. The molecule has 208 valence electrons. The van der Waals surface area contributed by atoms with Gasteiger partial charge in [-0.15, -0.1) is 11.3 Å². The van der Waals surface area contributed by atoms with E-state index < -0.39 is 36.5 Å². The number of H-pyrrole nitrogens is 1. The van der Waals surface area contributed by atoms with E-state index in [9.17, 15) is 23.9 Å². The lowest BCUT2D eigenvalue weighted by molar-refractivity contribution is -0.148. The maximum absolute atomic E-state index is 13.2. The van der Waals surface area contributed by atoms with Gasteiger partial charge in [0, 0.05) is 11.3 Å². The topological polar surface area (TPSA) is 173 Å². The number of hydrogen-bond acceptors (Lipinski definition) is 10. The number of nitrogens with one attached hydrogen (secondary N) is 1. The van der Waals surface area contributed by atoms with Gasteiger partial charge in [-0.1, -0.05) is 0 Å². The van der Waals surface area contributed by atoms with Crippen molar-refractivity contribution in [3.63, 3.8) is 0 Å². The molecule has 0 aromatic carbocycles. The van der Waals surface area contributed by atoms with Gasteiger partial charge in [0.25, 0.3) is 5.91 Å². The van der Waals surface area contributed by atoms with Crippen LogP contribution in [0.15, 0.2) is 34.2 Å². The van der Waals surface area contributed by atoms with Crippen LogP contribution >= 0.6 is 11.3 Å². The zero-order chi connectivity index (χ0) is 28.1. The summed E-state index contributed by atoms with van der Waals surface area (Å²) in [6.45, 7) is 1.13. The van der Waals surface area contributed by atoms with E-state index >= 15 is 0 Å². The van der Waals surface area contributed by atoms with Crippen LogP contribution in [-0.2, 0) is 16.3 Å². The summed E-state index contributed by atoms with van der Waals surface area (Å²) in [4.78, 5) is 51.5. The van der Waals surface area contributed by atoms with Crippen LogP contribution in [0, 0.1) is 0 Å². The highest BCUT2D eigenvalue weighted by Gasteiger charge is 2.31. The van der Waals surface area contributed by atoms with Crippen LogP contribution in [-0.4, -0.2) is 77.4 Å². The third kappa shape index (κ3) is 4.88. The van der Waals surface area contributed by atoms with E-state index in [0.717, 1.165) is 22.3 Å². The molecule has 1 atom stereocenters. The highest BCUT2D eigenvalue weighted by molar-refractivity contribution is 7.17. The van der Waals surface area contributed by atoms with Crippen molar-refractivity contribution < 1.29 is 23.8 Å². The summed E-state index contributed by atoms with van der Waals surface area (Å²) in [6.07, 6.45) is 3.99. The van der Waals surface area contributed by atoms with E-state index in [-0.39, 0.29) is 30.7 Å². The smallest absolute Gasteiger partial charge is 0.331 e. The maximum Gasteiger partial charge on any atom is 0.331 e. The third-order valence-corrected chi connectivity index (χ3v) is 7.62. The summed E-state index contributed by atoms with van der Waals surface area (Å²) in [6, 6.07) is 4.59. The number of alkyl halides is 1. The van der Waals surface area contributed by atoms with Gasteiger partial charge in [0.2, 0.25) is 5.88 Å². The summed E-state index contributed by atoms with van der Waals surface area (Å²) in [5.41, 5.74) is 6.41. The molecule has 1 aliphatic carbocycles. The van der Waals surface area contributed by atoms with Gasteiger partial charge in [0.05, 0.1) is 40.8 Å². The Morgan fingerprint density at radius 1 is 1.38 bits per heavy atom. The van der Waals surface area contributed by atoms with Crippen molar-refractivity contribution in [3.8, 4) is 16.5 Å². The Hall–Kier alpha value is -4.37. The fraction of sp³-hybridized carbons (Fsp3) is 0.360. The first-order chi connectivity index (χ1) is 19.2. The average molecular weight is 569 g/mol. The van der Waals surface area contributed by atoms with E-state index in [0.29, 0.717) is 26.9 Å². The number of carbonyl (C=O) groups is 2. The Morgan fingerprint density at radius 3 is 2.85 bits per heavy atom. The number of fused-ring (bicyclic) bond motifs is 1. The van der Waals surface area contributed by atoms with Crippen molar-refractivity contribution in [1.29, 1.82) is 0 Å². The molecular weight excluding hydrogens is 543 g/mol. The average Bonchev–Trinajstić information content (AvgIpc) is 3.30. The number of carbonyl (C=O) groups excluding carboxylic acids is 2. The highest BCUT2D eigenvalue weighted by atomic mass is 32.1. The summed E-state index contributed by atoms with van der Waals surface area (Å²) in [5, 5.41) is 15.5. The molecule has 0 radical (unpaired) electrons. The number of thiophene rings is 1. The van der Waals surface area contributed by atoms with E-state index in [2.05, 4.69) is 10.1 Å². The molecule has 6 rings (SSSR count). The fourth-order valence-electron chi connectivity index (χ4n) is 4.13.